The van der Waals surface area contributed by atoms with E-state index in [2.05, 4.69) is 21.9 Å². The van der Waals surface area contributed by atoms with E-state index < -0.39 is 0 Å². The van der Waals surface area contributed by atoms with E-state index in [0.717, 1.165) is 16.9 Å². The zero-order chi connectivity index (χ0) is 18.8. The average Bonchev–Trinajstić information content (AvgIpc) is 2.68. The van der Waals surface area contributed by atoms with Crippen molar-refractivity contribution in [2.24, 2.45) is 0 Å². The number of anilines is 1. The number of fused-ring (bicyclic) bond motifs is 1. The molecule has 0 saturated heterocycles. The molecule has 0 atom stereocenters. The Bertz CT molecular complexity index is 1000. The molecule has 4 rings (SSSR count). The molecule has 136 valence electrons. The maximum Gasteiger partial charge on any atom is 0.162 e. The number of aromatic nitrogens is 2. The third-order valence-corrected chi connectivity index (χ3v) is 4.29. The first kappa shape index (κ1) is 17.0. The molecule has 2 aromatic carbocycles. The van der Waals surface area contributed by atoms with Crippen molar-refractivity contribution in [1.29, 1.82) is 0 Å². The van der Waals surface area contributed by atoms with Crippen molar-refractivity contribution in [3.63, 3.8) is 0 Å². The first-order valence-corrected chi connectivity index (χ1v) is 8.55. The topological polar surface area (TPSA) is 56.3 Å². The molecule has 2 heterocycles. The van der Waals surface area contributed by atoms with Gasteiger partial charge in [0.1, 0.15) is 24.8 Å². The Hall–Kier alpha value is -3.41. The number of ether oxygens (including phenoxy) is 2. The standard InChI is InChI=1S/C21H18FN3O2/c1-13-9-19-20(27-8-7-26-19)10-16(13)18-11-24-21(12-23-18)25-14(2)15-5-3-4-6-17(15)22/h3-6,9-12H,2,7-8H2,1H3,(H,24,25). The van der Waals surface area contributed by atoms with Crippen LogP contribution in [-0.2, 0) is 0 Å². The van der Waals surface area contributed by atoms with Crippen LogP contribution < -0.4 is 14.8 Å². The fourth-order valence-corrected chi connectivity index (χ4v) is 2.93. The lowest BCUT2D eigenvalue weighted by atomic mass is 10.0. The normalized spacial score (nSPS) is 12.5. The summed E-state index contributed by atoms with van der Waals surface area (Å²) in [5.41, 5.74) is 3.47. The van der Waals surface area contributed by atoms with E-state index in [1.54, 1.807) is 30.6 Å². The zero-order valence-electron chi connectivity index (χ0n) is 14.8. The lowest BCUT2D eigenvalue weighted by Crippen LogP contribution is -2.15. The Labute approximate surface area is 156 Å². The molecule has 1 N–H and O–H groups in total. The molecule has 0 aliphatic carbocycles. The quantitative estimate of drug-likeness (QED) is 0.742. The predicted molar refractivity (Wildman–Crippen MR) is 102 cm³/mol. The summed E-state index contributed by atoms with van der Waals surface area (Å²) < 4.78 is 25.1. The van der Waals surface area contributed by atoms with Gasteiger partial charge in [-0.15, -0.1) is 0 Å². The second-order valence-corrected chi connectivity index (χ2v) is 6.18. The molecule has 27 heavy (non-hydrogen) atoms. The summed E-state index contributed by atoms with van der Waals surface area (Å²) >= 11 is 0. The van der Waals surface area contributed by atoms with Crippen LogP contribution >= 0.6 is 0 Å². The molecule has 0 unspecified atom stereocenters. The summed E-state index contributed by atoms with van der Waals surface area (Å²) in [6, 6.07) is 10.3. The molecular formula is C21H18FN3O2. The van der Waals surface area contributed by atoms with E-state index in [9.17, 15) is 4.39 Å². The third kappa shape index (κ3) is 3.46. The fraction of sp³-hybridized carbons (Fsp3) is 0.143. The van der Waals surface area contributed by atoms with E-state index >= 15 is 0 Å². The maximum absolute atomic E-state index is 13.9. The smallest absolute Gasteiger partial charge is 0.162 e. The lowest BCUT2D eigenvalue weighted by molar-refractivity contribution is 0.171. The highest BCUT2D eigenvalue weighted by atomic mass is 19.1. The fourth-order valence-electron chi connectivity index (χ4n) is 2.93. The van der Waals surface area contributed by atoms with Crippen LogP contribution in [-0.4, -0.2) is 23.2 Å². The minimum Gasteiger partial charge on any atom is -0.486 e. The molecule has 0 saturated carbocycles. The van der Waals surface area contributed by atoms with Gasteiger partial charge in [0.05, 0.1) is 18.1 Å². The first-order valence-electron chi connectivity index (χ1n) is 8.55. The Morgan fingerprint density at radius 1 is 1.07 bits per heavy atom. The van der Waals surface area contributed by atoms with Gasteiger partial charge in [0.15, 0.2) is 11.5 Å². The Balaban J connectivity index is 1.56. The van der Waals surface area contributed by atoms with Gasteiger partial charge in [-0.3, -0.25) is 4.98 Å². The highest BCUT2D eigenvalue weighted by Crippen LogP contribution is 2.36. The molecule has 0 fully saturated rings. The van der Waals surface area contributed by atoms with Crippen LogP contribution in [0.25, 0.3) is 17.0 Å². The maximum atomic E-state index is 13.9. The zero-order valence-corrected chi connectivity index (χ0v) is 14.8. The third-order valence-electron chi connectivity index (χ3n) is 4.29. The Morgan fingerprint density at radius 2 is 1.81 bits per heavy atom. The predicted octanol–water partition coefficient (Wildman–Crippen LogP) is 4.45. The van der Waals surface area contributed by atoms with Gasteiger partial charge in [0, 0.05) is 16.8 Å². The van der Waals surface area contributed by atoms with Crippen LogP contribution in [0.15, 0.2) is 55.4 Å². The van der Waals surface area contributed by atoms with Crippen molar-refractivity contribution in [3.05, 3.63) is 72.3 Å². The second-order valence-electron chi connectivity index (χ2n) is 6.18. The molecular weight excluding hydrogens is 345 g/mol. The lowest BCUT2D eigenvalue weighted by Gasteiger charge is -2.20. The molecule has 1 aliphatic heterocycles. The van der Waals surface area contributed by atoms with E-state index in [1.807, 2.05) is 19.1 Å². The number of rotatable bonds is 4. The van der Waals surface area contributed by atoms with E-state index in [4.69, 9.17) is 9.47 Å². The van der Waals surface area contributed by atoms with Gasteiger partial charge in [0.25, 0.3) is 0 Å². The molecule has 1 aromatic heterocycles. The van der Waals surface area contributed by atoms with Crippen molar-refractivity contribution >= 4 is 11.5 Å². The van der Waals surface area contributed by atoms with Crippen molar-refractivity contribution in [2.45, 2.75) is 6.92 Å². The van der Waals surface area contributed by atoms with Crippen LogP contribution in [0.2, 0.25) is 0 Å². The van der Waals surface area contributed by atoms with Crippen LogP contribution in [0.5, 0.6) is 11.5 Å². The number of nitrogens with one attached hydrogen (secondary N) is 1. The van der Waals surface area contributed by atoms with Crippen LogP contribution in [0.1, 0.15) is 11.1 Å². The summed E-state index contributed by atoms with van der Waals surface area (Å²) in [6.07, 6.45) is 3.26. The van der Waals surface area contributed by atoms with Crippen LogP contribution in [0.3, 0.4) is 0 Å². The largest absolute Gasteiger partial charge is 0.486 e. The van der Waals surface area contributed by atoms with Crippen LogP contribution in [0, 0.1) is 12.7 Å². The van der Waals surface area contributed by atoms with Crippen LogP contribution in [0.4, 0.5) is 10.2 Å². The Kier molecular flexibility index (Phi) is 4.46. The van der Waals surface area contributed by atoms with Gasteiger partial charge in [-0.2, -0.15) is 0 Å². The molecule has 0 radical (unpaired) electrons. The second kappa shape index (κ2) is 7.07. The molecule has 0 spiro atoms. The van der Waals surface area contributed by atoms with Gasteiger partial charge >= 0.3 is 0 Å². The minimum absolute atomic E-state index is 0.341. The SMILES string of the molecule is C=C(Nc1cnc(-c2cc3c(cc2C)OCCO3)cn1)c1ccccc1F. The Morgan fingerprint density at radius 3 is 2.52 bits per heavy atom. The van der Waals surface area contributed by atoms with Gasteiger partial charge in [-0.1, -0.05) is 18.7 Å². The van der Waals surface area contributed by atoms with Crippen molar-refractivity contribution < 1.29 is 13.9 Å². The monoisotopic (exact) mass is 363 g/mol. The summed E-state index contributed by atoms with van der Waals surface area (Å²) in [7, 11) is 0. The van der Waals surface area contributed by atoms with Gasteiger partial charge in [-0.25, -0.2) is 9.37 Å². The summed E-state index contributed by atoms with van der Waals surface area (Å²) in [5, 5.41) is 2.99. The number of nitrogens with zero attached hydrogens (tertiary/aromatic N) is 2. The summed E-state index contributed by atoms with van der Waals surface area (Å²) in [5.74, 6) is 1.60. The highest BCUT2D eigenvalue weighted by molar-refractivity contribution is 5.74. The minimum atomic E-state index is -0.341. The number of halogens is 1. The number of hydrogen-bond acceptors (Lipinski definition) is 5. The highest BCUT2D eigenvalue weighted by Gasteiger charge is 2.16. The molecule has 3 aromatic rings. The first-order chi connectivity index (χ1) is 13.1. The summed E-state index contributed by atoms with van der Waals surface area (Å²) in [6.45, 7) is 6.95. The molecule has 5 nitrogen and oxygen atoms in total. The van der Waals surface area contributed by atoms with E-state index in [-0.39, 0.29) is 5.82 Å². The molecule has 1 aliphatic rings. The van der Waals surface area contributed by atoms with E-state index in [0.29, 0.717) is 41.7 Å². The molecule has 0 amide bonds. The van der Waals surface area contributed by atoms with Gasteiger partial charge in [-0.05, 0) is 36.8 Å². The number of hydrogen-bond donors (Lipinski definition) is 1. The molecule has 6 heteroatoms. The number of benzene rings is 2. The van der Waals surface area contributed by atoms with E-state index in [1.165, 1.54) is 6.07 Å². The van der Waals surface area contributed by atoms with Crippen molar-refractivity contribution in [2.75, 3.05) is 18.5 Å². The van der Waals surface area contributed by atoms with Crippen molar-refractivity contribution in [3.8, 4) is 22.8 Å². The van der Waals surface area contributed by atoms with Gasteiger partial charge in [0.2, 0.25) is 0 Å². The molecule has 0 bridgehead atoms. The number of aryl methyl sites for hydroxylation is 1. The van der Waals surface area contributed by atoms with Gasteiger partial charge < -0.3 is 14.8 Å². The van der Waals surface area contributed by atoms with Crippen molar-refractivity contribution in [1.82, 2.24) is 9.97 Å². The summed E-state index contributed by atoms with van der Waals surface area (Å²) in [4.78, 5) is 8.85. The average molecular weight is 363 g/mol.